The number of nitrogens with two attached hydrogens (primary N) is 1. The van der Waals surface area contributed by atoms with E-state index in [1.807, 2.05) is 13.8 Å². The summed E-state index contributed by atoms with van der Waals surface area (Å²) in [5, 5.41) is 5.54. The molecule has 0 spiro atoms. The molecule has 0 aliphatic rings. The Labute approximate surface area is 124 Å². The van der Waals surface area contributed by atoms with Gasteiger partial charge in [0.1, 0.15) is 17.5 Å². The maximum Gasteiger partial charge on any atom is 0.134 e. The second-order valence-electron chi connectivity index (χ2n) is 5.57. The lowest BCUT2D eigenvalue weighted by molar-refractivity contribution is 0.568. The average Bonchev–Trinajstić information content (AvgIpc) is 2.95. The van der Waals surface area contributed by atoms with Crippen LogP contribution in [-0.2, 0) is 11.8 Å². The molecule has 0 unspecified atom stereocenters. The third-order valence-corrected chi connectivity index (χ3v) is 4.67. The molecule has 108 valence electrons. The average molecular weight is 290 g/mol. The number of rotatable bonds is 5. The molecular formula is C15H22N4S. The summed E-state index contributed by atoms with van der Waals surface area (Å²) in [6.07, 6.45) is 0.785. The van der Waals surface area contributed by atoms with E-state index < -0.39 is 0 Å². The van der Waals surface area contributed by atoms with Gasteiger partial charge in [-0.05, 0) is 18.4 Å². The van der Waals surface area contributed by atoms with E-state index in [1.54, 1.807) is 11.3 Å². The Hall–Kier alpha value is -1.62. The third kappa shape index (κ3) is 3.10. The monoisotopic (exact) mass is 290 g/mol. The minimum absolute atomic E-state index is 0.0622. The van der Waals surface area contributed by atoms with Crippen molar-refractivity contribution in [1.29, 1.82) is 0 Å². The molecule has 0 radical (unpaired) electrons. The van der Waals surface area contributed by atoms with Gasteiger partial charge in [-0.3, -0.25) is 0 Å². The van der Waals surface area contributed by atoms with Gasteiger partial charge in [0.15, 0.2) is 0 Å². The highest BCUT2D eigenvalue weighted by molar-refractivity contribution is 7.10. The van der Waals surface area contributed by atoms with Crippen LogP contribution in [0.3, 0.4) is 0 Å². The van der Waals surface area contributed by atoms with E-state index in [9.17, 15) is 0 Å². The Morgan fingerprint density at radius 2 is 2.10 bits per heavy atom. The van der Waals surface area contributed by atoms with Crippen molar-refractivity contribution in [1.82, 2.24) is 9.97 Å². The molecule has 2 heterocycles. The molecule has 0 fully saturated rings. The molecule has 5 heteroatoms. The van der Waals surface area contributed by atoms with Crippen molar-refractivity contribution in [2.75, 3.05) is 17.6 Å². The summed E-state index contributed by atoms with van der Waals surface area (Å²) in [6.45, 7) is 9.26. The molecule has 2 aromatic heterocycles. The molecule has 3 N–H and O–H groups in total. The van der Waals surface area contributed by atoms with Crippen LogP contribution in [0.2, 0.25) is 0 Å². The first-order chi connectivity index (χ1) is 9.44. The minimum Gasteiger partial charge on any atom is -0.383 e. The van der Waals surface area contributed by atoms with Crippen molar-refractivity contribution >= 4 is 23.0 Å². The number of aromatic nitrogens is 2. The maximum absolute atomic E-state index is 5.94. The summed E-state index contributed by atoms with van der Waals surface area (Å²) in [4.78, 5) is 10.2. The Morgan fingerprint density at radius 3 is 2.70 bits per heavy atom. The molecule has 20 heavy (non-hydrogen) atoms. The van der Waals surface area contributed by atoms with Crippen molar-refractivity contribution in [2.45, 2.75) is 39.5 Å². The summed E-state index contributed by atoms with van der Waals surface area (Å²) in [5.41, 5.74) is 6.92. The molecule has 0 aliphatic carbocycles. The number of hydrogen-bond acceptors (Lipinski definition) is 5. The molecule has 0 atom stereocenters. The van der Waals surface area contributed by atoms with E-state index in [-0.39, 0.29) is 5.41 Å². The Balaban J connectivity index is 2.17. The highest BCUT2D eigenvalue weighted by Gasteiger charge is 2.22. The molecule has 0 aliphatic heterocycles. The van der Waals surface area contributed by atoms with Crippen LogP contribution in [0.15, 0.2) is 17.5 Å². The second-order valence-corrected chi connectivity index (χ2v) is 6.51. The molecule has 4 nitrogen and oxygen atoms in total. The SMILES string of the molecule is CCc1nc(N)c(C)c(NCC(C)(C)c2cccs2)n1. The van der Waals surface area contributed by atoms with Crippen LogP contribution >= 0.6 is 11.3 Å². The van der Waals surface area contributed by atoms with Gasteiger partial charge in [-0.1, -0.05) is 26.8 Å². The fourth-order valence-electron chi connectivity index (χ4n) is 1.97. The zero-order chi connectivity index (χ0) is 14.8. The quantitative estimate of drug-likeness (QED) is 0.886. The Kier molecular flexibility index (Phi) is 4.28. The molecule has 0 saturated carbocycles. The minimum atomic E-state index is 0.0622. The lowest BCUT2D eigenvalue weighted by Gasteiger charge is -2.24. The fourth-order valence-corrected chi connectivity index (χ4v) is 2.82. The van der Waals surface area contributed by atoms with Gasteiger partial charge in [0.05, 0.1) is 0 Å². The van der Waals surface area contributed by atoms with Gasteiger partial charge in [0.2, 0.25) is 0 Å². The Morgan fingerprint density at radius 1 is 1.35 bits per heavy atom. The summed E-state index contributed by atoms with van der Waals surface area (Å²) >= 11 is 1.78. The topological polar surface area (TPSA) is 63.8 Å². The Bertz CT molecular complexity index is 576. The van der Waals surface area contributed by atoms with Gasteiger partial charge in [0, 0.05) is 28.8 Å². The smallest absolute Gasteiger partial charge is 0.134 e. The van der Waals surface area contributed by atoms with Crippen molar-refractivity contribution in [3.05, 3.63) is 33.8 Å². The van der Waals surface area contributed by atoms with E-state index in [2.05, 4.69) is 46.6 Å². The number of thiophene rings is 1. The highest BCUT2D eigenvalue weighted by atomic mass is 32.1. The van der Waals surface area contributed by atoms with E-state index in [4.69, 9.17) is 5.73 Å². The maximum atomic E-state index is 5.94. The van der Waals surface area contributed by atoms with Gasteiger partial charge in [0.25, 0.3) is 0 Å². The van der Waals surface area contributed by atoms with Gasteiger partial charge in [-0.25, -0.2) is 9.97 Å². The lowest BCUT2D eigenvalue weighted by Crippen LogP contribution is -2.27. The van der Waals surface area contributed by atoms with Crippen LogP contribution in [-0.4, -0.2) is 16.5 Å². The number of aryl methyl sites for hydroxylation is 1. The number of nitrogens with zero attached hydrogens (tertiary/aromatic N) is 2. The molecule has 2 aromatic rings. The third-order valence-electron chi connectivity index (χ3n) is 3.43. The van der Waals surface area contributed by atoms with Gasteiger partial charge >= 0.3 is 0 Å². The van der Waals surface area contributed by atoms with Crippen LogP contribution < -0.4 is 11.1 Å². The fraction of sp³-hybridized carbons (Fsp3) is 0.467. The zero-order valence-corrected chi connectivity index (χ0v) is 13.3. The van der Waals surface area contributed by atoms with E-state index in [1.165, 1.54) is 4.88 Å². The van der Waals surface area contributed by atoms with Crippen molar-refractivity contribution in [3.63, 3.8) is 0 Å². The number of hydrogen-bond donors (Lipinski definition) is 2. The number of anilines is 2. The van der Waals surface area contributed by atoms with Crippen LogP contribution in [0.25, 0.3) is 0 Å². The van der Waals surface area contributed by atoms with E-state index in [0.717, 1.165) is 30.2 Å². The van der Waals surface area contributed by atoms with E-state index >= 15 is 0 Å². The summed E-state index contributed by atoms with van der Waals surface area (Å²) in [6, 6.07) is 4.26. The standard InChI is InChI=1S/C15H22N4S/c1-5-12-18-13(16)10(2)14(19-12)17-9-15(3,4)11-7-6-8-20-11/h6-8H,5,9H2,1-4H3,(H3,16,17,18,19). The second kappa shape index (κ2) is 5.79. The summed E-state index contributed by atoms with van der Waals surface area (Å²) in [7, 11) is 0. The molecule has 2 rings (SSSR count). The zero-order valence-electron chi connectivity index (χ0n) is 12.5. The summed E-state index contributed by atoms with van der Waals surface area (Å²) in [5.74, 6) is 2.19. The number of nitrogen functional groups attached to an aromatic ring is 1. The van der Waals surface area contributed by atoms with Crippen molar-refractivity contribution in [2.24, 2.45) is 0 Å². The lowest BCUT2D eigenvalue weighted by atomic mass is 9.91. The largest absolute Gasteiger partial charge is 0.383 e. The predicted octanol–water partition coefficient (Wildman–Crippen LogP) is 3.38. The van der Waals surface area contributed by atoms with Crippen LogP contribution in [0.1, 0.15) is 37.0 Å². The van der Waals surface area contributed by atoms with E-state index in [0.29, 0.717) is 5.82 Å². The first kappa shape index (κ1) is 14.8. The van der Waals surface area contributed by atoms with Gasteiger partial charge in [-0.15, -0.1) is 11.3 Å². The van der Waals surface area contributed by atoms with Crippen LogP contribution in [0.4, 0.5) is 11.6 Å². The predicted molar refractivity (Wildman–Crippen MR) is 86.4 cm³/mol. The molecule has 0 aromatic carbocycles. The highest BCUT2D eigenvalue weighted by Crippen LogP contribution is 2.28. The first-order valence-electron chi connectivity index (χ1n) is 6.85. The molecule has 0 bridgehead atoms. The molecular weight excluding hydrogens is 268 g/mol. The van der Waals surface area contributed by atoms with Crippen LogP contribution in [0, 0.1) is 6.92 Å². The summed E-state index contributed by atoms with van der Waals surface area (Å²) < 4.78 is 0. The van der Waals surface area contributed by atoms with Gasteiger partial charge in [-0.2, -0.15) is 0 Å². The van der Waals surface area contributed by atoms with Crippen LogP contribution in [0.5, 0.6) is 0 Å². The molecule has 0 amide bonds. The normalized spacial score (nSPS) is 11.6. The van der Waals surface area contributed by atoms with Gasteiger partial charge < -0.3 is 11.1 Å². The number of nitrogens with one attached hydrogen (secondary N) is 1. The van der Waals surface area contributed by atoms with Crippen molar-refractivity contribution < 1.29 is 0 Å². The first-order valence-corrected chi connectivity index (χ1v) is 7.73. The van der Waals surface area contributed by atoms with Crippen molar-refractivity contribution in [3.8, 4) is 0 Å². The molecule has 0 saturated heterocycles.